The van der Waals surface area contributed by atoms with E-state index in [-0.39, 0.29) is 5.91 Å². The van der Waals surface area contributed by atoms with Crippen molar-refractivity contribution < 1.29 is 9.53 Å². The second-order valence-electron chi connectivity index (χ2n) is 9.81. The van der Waals surface area contributed by atoms with E-state index in [9.17, 15) is 4.79 Å². The highest BCUT2D eigenvalue weighted by atomic mass is 32.1. The second-order valence-corrected chi connectivity index (χ2v) is 10.7. The predicted molar refractivity (Wildman–Crippen MR) is 158 cm³/mol. The summed E-state index contributed by atoms with van der Waals surface area (Å²) in [5.41, 5.74) is 5.92. The Hall–Kier alpha value is -3.38. The summed E-state index contributed by atoms with van der Waals surface area (Å²) in [6.07, 6.45) is 5.46. The molecule has 1 N–H and O–H groups in total. The lowest BCUT2D eigenvalue weighted by Gasteiger charge is -2.15. The van der Waals surface area contributed by atoms with Crippen LogP contribution in [0.15, 0.2) is 66.0 Å². The van der Waals surface area contributed by atoms with Crippen molar-refractivity contribution in [3.8, 4) is 27.7 Å². The van der Waals surface area contributed by atoms with Crippen molar-refractivity contribution in [3.63, 3.8) is 0 Å². The topological polar surface area (TPSA) is 56.2 Å². The first-order valence-electron chi connectivity index (χ1n) is 13.7. The zero-order valence-corrected chi connectivity index (χ0v) is 23.8. The second kappa shape index (κ2) is 13.4. The molecule has 1 atom stereocenters. The fraction of sp³-hybridized carbons (Fsp3) is 0.375. The summed E-state index contributed by atoms with van der Waals surface area (Å²) in [7, 11) is 1.68. The monoisotopic (exact) mass is 529 g/mol. The first-order valence-corrected chi connectivity index (χ1v) is 14.5. The highest BCUT2D eigenvalue weighted by Gasteiger charge is 2.21. The Bertz CT molecular complexity index is 1310. The van der Waals surface area contributed by atoms with Crippen LogP contribution in [0.2, 0.25) is 0 Å². The minimum atomic E-state index is 0.000378. The molecule has 0 fully saturated rings. The third-order valence-corrected chi connectivity index (χ3v) is 8.17. The van der Waals surface area contributed by atoms with Crippen molar-refractivity contribution >= 4 is 17.2 Å². The lowest BCUT2D eigenvalue weighted by atomic mass is 9.99. The molecule has 0 radical (unpaired) electrons. The smallest absolute Gasteiger partial charge is 0.253 e. The van der Waals surface area contributed by atoms with E-state index in [0.29, 0.717) is 5.92 Å². The van der Waals surface area contributed by atoms with Crippen molar-refractivity contribution in [1.82, 2.24) is 14.9 Å². The first-order chi connectivity index (χ1) is 18.5. The molecule has 0 saturated heterocycles. The number of thiazole rings is 1. The number of benzene rings is 2. The van der Waals surface area contributed by atoms with Gasteiger partial charge in [0.05, 0.1) is 24.1 Å². The molecule has 2 heterocycles. The van der Waals surface area contributed by atoms with Gasteiger partial charge in [-0.1, -0.05) is 75.6 Å². The van der Waals surface area contributed by atoms with Gasteiger partial charge in [-0.15, -0.1) is 11.3 Å². The van der Waals surface area contributed by atoms with Crippen LogP contribution in [-0.2, 0) is 13.0 Å². The van der Waals surface area contributed by atoms with E-state index in [1.165, 1.54) is 18.4 Å². The summed E-state index contributed by atoms with van der Waals surface area (Å²) in [5.74, 6) is 1.37. The Balaban J connectivity index is 1.61. The van der Waals surface area contributed by atoms with Crippen molar-refractivity contribution in [2.45, 2.75) is 59.4 Å². The van der Waals surface area contributed by atoms with Crippen LogP contribution in [0.3, 0.4) is 0 Å². The van der Waals surface area contributed by atoms with Crippen LogP contribution in [0, 0.1) is 12.8 Å². The van der Waals surface area contributed by atoms with Crippen LogP contribution >= 0.6 is 11.3 Å². The number of nitrogens with zero attached hydrogens (tertiary/aromatic N) is 2. The zero-order chi connectivity index (χ0) is 26.9. The molecule has 5 nitrogen and oxygen atoms in total. The van der Waals surface area contributed by atoms with Crippen LogP contribution in [0.4, 0.5) is 0 Å². The fourth-order valence-electron chi connectivity index (χ4n) is 4.79. The molecule has 0 aliphatic heterocycles. The minimum absolute atomic E-state index is 0.000378. The van der Waals surface area contributed by atoms with Gasteiger partial charge in [0.15, 0.2) is 0 Å². The molecule has 0 aliphatic rings. The molecule has 0 saturated carbocycles. The van der Waals surface area contributed by atoms with Crippen molar-refractivity contribution in [1.29, 1.82) is 0 Å². The molecular formula is C32H39N3O2S. The number of aromatic nitrogens is 2. The number of unbranched alkanes of at least 4 members (excludes halogenated alkanes) is 1. The van der Waals surface area contributed by atoms with E-state index in [1.54, 1.807) is 18.4 Å². The number of hydrogen-bond acceptors (Lipinski definition) is 4. The molecule has 1 amide bonds. The number of amides is 1. The molecular weight excluding hydrogens is 490 g/mol. The van der Waals surface area contributed by atoms with E-state index in [4.69, 9.17) is 9.72 Å². The normalized spacial score (nSPS) is 11.9. The molecule has 38 heavy (non-hydrogen) atoms. The number of methoxy groups -OCH3 is 1. The third-order valence-electron chi connectivity index (χ3n) is 7.28. The van der Waals surface area contributed by atoms with Crippen molar-refractivity contribution in [2.75, 3.05) is 13.7 Å². The molecule has 200 valence electrons. The van der Waals surface area contributed by atoms with E-state index >= 15 is 0 Å². The summed E-state index contributed by atoms with van der Waals surface area (Å²) < 4.78 is 7.56. The Morgan fingerprint density at radius 3 is 2.55 bits per heavy atom. The molecule has 1 unspecified atom stereocenters. The molecule has 4 aromatic rings. The van der Waals surface area contributed by atoms with E-state index in [1.807, 2.05) is 43.3 Å². The number of carbonyl (C=O) groups is 1. The van der Waals surface area contributed by atoms with Crippen LogP contribution in [-0.4, -0.2) is 29.1 Å². The molecule has 2 aromatic heterocycles. The Kier molecular flexibility index (Phi) is 9.77. The van der Waals surface area contributed by atoms with E-state index < -0.39 is 0 Å². The maximum absolute atomic E-state index is 13.4. The number of rotatable bonds is 13. The molecule has 6 heteroatoms. The minimum Gasteiger partial charge on any atom is -0.497 e. The van der Waals surface area contributed by atoms with Gasteiger partial charge in [-0.3, -0.25) is 4.79 Å². The van der Waals surface area contributed by atoms with E-state index in [0.717, 1.165) is 71.3 Å². The number of ether oxygens (including phenoxy) is 1. The average Bonchev–Trinajstić information content (AvgIpc) is 3.57. The lowest BCUT2D eigenvalue weighted by molar-refractivity contribution is 0.0945. The molecule has 0 spiro atoms. The van der Waals surface area contributed by atoms with Gasteiger partial charge in [0.2, 0.25) is 0 Å². The summed E-state index contributed by atoms with van der Waals surface area (Å²) in [5, 5.41) is 6.30. The summed E-state index contributed by atoms with van der Waals surface area (Å²) in [6.45, 7) is 7.94. The SMILES string of the molecule is CCCCC(CC)CNC(=O)c1cc(-c2csc(-c3ccccc3)n2)n(CCc2ccc(OC)cc2)c1C. The van der Waals surface area contributed by atoms with Gasteiger partial charge in [-0.25, -0.2) is 4.98 Å². The highest BCUT2D eigenvalue weighted by molar-refractivity contribution is 7.13. The Morgan fingerprint density at radius 1 is 1.11 bits per heavy atom. The first kappa shape index (κ1) is 27.6. The quantitative estimate of drug-likeness (QED) is 0.192. The number of carbonyl (C=O) groups excluding carboxylic acids is 1. The predicted octanol–water partition coefficient (Wildman–Crippen LogP) is 7.78. The van der Waals surface area contributed by atoms with Crippen LogP contribution in [0.25, 0.3) is 22.0 Å². The van der Waals surface area contributed by atoms with Gasteiger partial charge in [0, 0.05) is 29.7 Å². The molecule has 2 aromatic carbocycles. The average molecular weight is 530 g/mol. The highest BCUT2D eigenvalue weighted by Crippen LogP contribution is 2.32. The van der Waals surface area contributed by atoms with Gasteiger partial charge in [0.25, 0.3) is 5.91 Å². The number of nitrogens with one attached hydrogen (secondary N) is 1. The van der Waals surface area contributed by atoms with E-state index in [2.05, 4.69) is 53.4 Å². The number of aryl methyl sites for hydroxylation is 1. The van der Waals surface area contributed by atoms with Gasteiger partial charge in [-0.05, 0) is 49.4 Å². The van der Waals surface area contributed by atoms with Gasteiger partial charge in [0.1, 0.15) is 10.8 Å². The van der Waals surface area contributed by atoms with Gasteiger partial charge < -0.3 is 14.6 Å². The third kappa shape index (κ3) is 6.73. The van der Waals surface area contributed by atoms with Gasteiger partial charge in [-0.2, -0.15) is 0 Å². The molecule has 4 rings (SSSR count). The Labute approximate surface area is 230 Å². The number of hydrogen-bond donors (Lipinski definition) is 1. The van der Waals surface area contributed by atoms with Crippen LogP contribution in [0.1, 0.15) is 61.1 Å². The Morgan fingerprint density at radius 2 is 1.87 bits per heavy atom. The molecule has 0 bridgehead atoms. The molecule has 0 aliphatic carbocycles. The fourth-order valence-corrected chi connectivity index (χ4v) is 5.61. The van der Waals surface area contributed by atoms with Crippen molar-refractivity contribution in [2.24, 2.45) is 5.92 Å². The maximum Gasteiger partial charge on any atom is 0.253 e. The van der Waals surface area contributed by atoms with Crippen molar-refractivity contribution in [3.05, 3.63) is 82.9 Å². The zero-order valence-electron chi connectivity index (χ0n) is 23.0. The summed E-state index contributed by atoms with van der Waals surface area (Å²) in [6, 6.07) is 20.5. The standard InChI is InChI=1S/C32H39N3O2S/c1-5-7-11-24(6-2)21-33-31(36)28-20-30(29-22-38-32(34-29)26-12-9-8-10-13-26)35(23(28)3)19-18-25-14-16-27(37-4)17-15-25/h8-10,12-17,20,22,24H,5-7,11,18-19,21H2,1-4H3,(H,33,36). The van der Waals surface area contributed by atoms with Crippen LogP contribution < -0.4 is 10.1 Å². The van der Waals surface area contributed by atoms with Gasteiger partial charge >= 0.3 is 0 Å². The summed E-state index contributed by atoms with van der Waals surface area (Å²) in [4.78, 5) is 18.3. The van der Waals surface area contributed by atoms with Crippen LogP contribution in [0.5, 0.6) is 5.75 Å². The summed E-state index contributed by atoms with van der Waals surface area (Å²) >= 11 is 1.63. The largest absolute Gasteiger partial charge is 0.497 e. The lowest BCUT2D eigenvalue weighted by Crippen LogP contribution is -2.29. The maximum atomic E-state index is 13.4.